The minimum absolute atomic E-state index is 0. The molecule has 0 saturated carbocycles. The maximum absolute atomic E-state index is 12.1. The molecule has 0 unspecified atom stereocenters. The third kappa shape index (κ3) is 4.88. The van der Waals surface area contributed by atoms with E-state index in [1.54, 1.807) is 7.11 Å². The van der Waals surface area contributed by atoms with Gasteiger partial charge < -0.3 is 20.1 Å². The summed E-state index contributed by atoms with van der Waals surface area (Å²) in [4.78, 5) is 12.1. The summed E-state index contributed by atoms with van der Waals surface area (Å²) in [6.07, 6.45) is 0.660. The molecule has 1 fully saturated rings. The molecule has 0 aliphatic carbocycles. The maximum Gasteiger partial charge on any atom is 0.239 e. The highest BCUT2D eigenvalue weighted by atomic mass is 35.5. The summed E-state index contributed by atoms with van der Waals surface area (Å²) in [5.41, 5.74) is 1.09. The number of methoxy groups -OCH3 is 1. The number of halogens is 1. The zero-order valence-electron chi connectivity index (χ0n) is 12.4. The van der Waals surface area contributed by atoms with Crippen molar-refractivity contribution in [1.29, 1.82) is 0 Å². The van der Waals surface area contributed by atoms with Crippen LogP contribution in [-0.2, 0) is 16.0 Å². The van der Waals surface area contributed by atoms with Crippen molar-refractivity contribution in [2.45, 2.75) is 25.5 Å². The van der Waals surface area contributed by atoms with Crippen LogP contribution in [0.1, 0.15) is 12.5 Å². The Balaban J connectivity index is 0.00000220. The van der Waals surface area contributed by atoms with Crippen LogP contribution < -0.4 is 15.4 Å². The van der Waals surface area contributed by atoms with E-state index in [-0.39, 0.29) is 30.5 Å². The molecular formula is C15H23ClN2O3. The van der Waals surface area contributed by atoms with Gasteiger partial charge >= 0.3 is 0 Å². The zero-order valence-corrected chi connectivity index (χ0v) is 13.2. The molecular weight excluding hydrogens is 292 g/mol. The van der Waals surface area contributed by atoms with Crippen LogP contribution >= 0.6 is 12.4 Å². The van der Waals surface area contributed by atoms with Crippen LogP contribution in [0.3, 0.4) is 0 Å². The number of morpholine rings is 1. The Morgan fingerprint density at radius 2 is 2.24 bits per heavy atom. The number of amides is 1. The zero-order chi connectivity index (χ0) is 14.4. The number of carbonyl (C=O) groups is 1. The molecule has 5 nitrogen and oxygen atoms in total. The van der Waals surface area contributed by atoms with Gasteiger partial charge in [-0.05, 0) is 25.0 Å². The topological polar surface area (TPSA) is 59.6 Å². The molecule has 118 valence electrons. The first-order chi connectivity index (χ1) is 9.72. The summed E-state index contributed by atoms with van der Waals surface area (Å²) in [5, 5.41) is 6.12. The fraction of sp³-hybridized carbons (Fsp3) is 0.533. The highest BCUT2D eigenvalue weighted by Crippen LogP contribution is 2.17. The van der Waals surface area contributed by atoms with Crippen LogP contribution in [-0.4, -0.2) is 44.9 Å². The van der Waals surface area contributed by atoms with Gasteiger partial charge in [-0.2, -0.15) is 0 Å². The monoisotopic (exact) mass is 314 g/mol. The SMILES string of the molecule is COc1ccccc1CCNC(=O)[C@H]1NCCO[C@@H]1C.Cl. The molecule has 1 heterocycles. The highest BCUT2D eigenvalue weighted by Gasteiger charge is 2.27. The van der Waals surface area contributed by atoms with E-state index in [0.717, 1.165) is 24.3 Å². The molecule has 1 amide bonds. The van der Waals surface area contributed by atoms with Gasteiger partial charge in [0.1, 0.15) is 11.8 Å². The molecule has 2 rings (SSSR count). The summed E-state index contributed by atoms with van der Waals surface area (Å²) in [7, 11) is 1.66. The summed E-state index contributed by atoms with van der Waals surface area (Å²) < 4.78 is 10.8. The third-order valence-corrected chi connectivity index (χ3v) is 3.49. The van der Waals surface area contributed by atoms with Crippen molar-refractivity contribution in [2.75, 3.05) is 26.8 Å². The van der Waals surface area contributed by atoms with E-state index in [4.69, 9.17) is 9.47 Å². The standard InChI is InChI=1S/C15H22N2O3.ClH/c1-11-14(16-9-10-20-11)15(18)17-8-7-12-5-3-4-6-13(12)19-2;/h3-6,11,14,16H,7-10H2,1-2H3,(H,17,18);1H/t11-,14+;/m1./s1. The van der Waals surface area contributed by atoms with Crippen molar-refractivity contribution in [3.05, 3.63) is 29.8 Å². The molecule has 1 saturated heterocycles. The highest BCUT2D eigenvalue weighted by molar-refractivity contribution is 5.85. The van der Waals surface area contributed by atoms with Gasteiger partial charge in [-0.15, -0.1) is 12.4 Å². The van der Waals surface area contributed by atoms with Crippen molar-refractivity contribution < 1.29 is 14.3 Å². The third-order valence-electron chi connectivity index (χ3n) is 3.49. The van der Waals surface area contributed by atoms with Gasteiger partial charge in [0.2, 0.25) is 5.91 Å². The van der Waals surface area contributed by atoms with E-state index in [0.29, 0.717) is 13.2 Å². The summed E-state index contributed by atoms with van der Waals surface area (Å²) in [5.74, 6) is 0.848. The number of carbonyl (C=O) groups excluding carboxylic acids is 1. The van der Waals surface area contributed by atoms with Crippen molar-refractivity contribution in [2.24, 2.45) is 0 Å². The summed E-state index contributed by atoms with van der Waals surface area (Å²) in [6, 6.07) is 7.58. The molecule has 0 bridgehead atoms. The van der Waals surface area contributed by atoms with E-state index in [9.17, 15) is 4.79 Å². The molecule has 1 aliphatic rings. The van der Waals surface area contributed by atoms with E-state index in [1.165, 1.54) is 0 Å². The van der Waals surface area contributed by atoms with Crippen molar-refractivity contribution in [1.82, 2.24) is 10.6 Å². The van der Waals surface area contributed by atoms with Crippen molar-refractivity contribution >= 4 is 18.3 Å². The normalized spacial score (nSPS) is 21.2. The van der Waals surface area contributed by atoms with Crippen LogP contribution in [0.25, 0.3) is 0 Å². The molecule has 1 aromatic rings. The number of nitrogens with one attached hydrogen (secondary N) is 2. The lowest BCUT2D eigenvalue weighted by atomic mass is 10.1. The fourth-order valence-electron chi connectivity index (χ4n) is 2.37. The lowest BCUT2D eigenvalue weighted by molar-refractivity contribution is -0.128. The Kier molecular flexibility index (Phi) is 7.50. The second kappa shape index (κ2) is 8.87. The van der Waals surface area contributed by atoms with Crippen molar-refractivity contribution in [3.8, 4) is 5.75 Å². The fourth-order valence-corrected chi connectivity index (χ4v) is 2.37. The molecule has 0 spiro atoms. The maximum atomic E-state index is 12.1. The van der Waals surface area contributed by atoms with Crippen molar-refractivity contribution in [3.63, 3.8) is 0 Å². The Bertz CT molecular complexity index is 456. The molecule has 0 radical (unpaired) electrons. The largest absolute Gasteiger partial charge is 0.496 e. The van der Waals surface area contributed by atoms with Gasteiger partial charge in [0.05, 0.1) is 19.8 Å². The van der Waals surface area contributed by atoms with Crippen LogP contribution in [0.5, 0.6) is 5.75 Å². The quantitative estimate of drug-likeness (QED) is 0.856. The van der Waals surface area contributed by atoms with Crippen LogP contribution in [0.2, 0.25) is 0 Å². The van der Waals surface area contributed by atoms with Crippen LogP contribution in [0, 0.1) is 0 Å². The molecule has 1 aliphatic heterocycles. The minimum atomic E-state index is -0.263. The average Bonchev–Trinajstić information content (AvgIpc) is 2.48. The number of hydrogen-bond acceptors (Lipinski definition) is 4. The second-order valence-corrected chi connectivity index (χ2v) is 4.86. The molecule has 6 heteroatoms. The summed E-state index contributed by atoms with van der Waals surface area (Å²) >= 11 is 0. The molecule has 0 aromatic heterocycles. The van der Waals surface area contributed by atoms with Gasteiger partial charge in [0.25, 0.3) is 0 Å². The van der Waals surface area contributed by atoms with Gasteiger partial charge in [-0.25, -0.2) is 0 Å². The first kappa shape index (κ1) is 17.8. The van der Waals surface area contributed by atoms with E-state index >= 15 is 0 Å². The number of para-hydroxylation sites is 1. The van der Waals surface area contributed by atoms with E-state index in [1.807, 2.05) is 31.2 Å². The van der Waals surface area contributed by atoms with E-state index < -0.39 is 0 Å². The number of ether oxygens (including phenoxy) is 2. The molecule has 1 aromatic carbocycles. The number of hydrogen-bond donors (Lipinski definition) is 2. The lowest BCUT2D eigenvalue weighted by Crippen LogP contribution is -2.55. The Hall–Kier alpha value is -1.30. The predicted octanol–water partition coefficient (Wildman–Crippen LogP) is 1.15. The Morgan fingerprint density at radius 3 is 2.95 bits per heavy atom. The first-order valence-electron chi connectivity index (χ1n) is 6.97. The number of rotatable bonds is 5. The Labute approximate surface area is 131 Å². The molecule has 2 atom stereocenters. The number of benzene rings is 1. The Morgan fingerprint density at radius 1 is 1.48 bits per heavy atom. The predicted molar refractivity (Wildman–Crippen MR) is 84.2 cm³/mol. The van der Waals surface area contributed by atoms with Gasteiger partial charge in [0, 0.05) is 13.1 Å². The van der Waals surface area contributed by atoms with Gasteiger partial charge in [0.15, 0.2) is 0 Å². The first-order valence-corrected chi connectivity index (χ1v) is 6.97. The average molecular weight is 315 g/mol. The van der Waals surface area contributed by atoms with E-state index in [2.05, 4.69) is 10.6 Å². The smallest absolute Gasteiger partial charge is 0.239 e. The molecule has 2 N–H and O–H groups in total. The van der Waals surface area contributed by atoms with Crippen LogP contribution in [0.4, 0.5) is 0 Å². The molecule has 21 heavy (non-hydrogen) atoms. The van der Waals surface area contributed by atoms with Gasteiger partial charge in [-0.3, -0.25) is 4.79 Å². The van der Waals surface area contributed by atoms with Crippen LogP contribution in [0.15, 0.2) is 24.3 Å². The summed E-state index contributed by atoms with van der Waals surface area (Å²) in [6.45, 7) is 3.88. The lowest BCUT2D eigenvalue weighted by Gasteiger charge is -2.29. The van der Waals surface area contributed by atoms with Gasteiger partial charge in [-0.1, -0.05) is 18.2 Å². The minimum Gasteiger partial charge on any atom is -0.496 e. The second-order valence-electron chi connectivity index (χ2n) is 4.86.